The summed E-state index contributed by atoms with van der Waals surface area (Å²) in [6.07, 6.45) is 0. The Balaban J connectivity index is 1.77. The molecule has 0 aliphatic rings. The number of hydrogen-bond donors (Lipinski definition) is 0. The molecule has 0 aromatic heterocycles. The number of nitrogens with zero attached hydrogens (tertiary/aromatic N) is 2. The summed E-state index contributed by atoms with van der Waals surface area (Å²) in [6, 6.07) is 61.1. The second-order valence-electron chi connectivity index (χ2n) is 10.9. The van der Waals surface area contributed by atoms with Crippen molar-refractivity contribution in [3.63, 3.8) is 0 Å². The second-order valence-corrected chi connectivity index (χ2v) is 17.6. The normalized spacial score (nSPS) is 11.6. The highest BCUT2D eigenvalue weighted by molar-refractivity contribution is 7.96. The molecule has 0 radical (unpaired) electrons. The lowest BCUT2D eigenvalue weighted by atomic mass is 10.2. The van der Waals surface area contributed by atoms with Crippen LogP contribution < -0.4 is 21.2 Å². The molecule has 0 aliphatic heterocycles. The average molecular weight is 595 g/mol. The minimum absolute atomic E-state index is 0.795. The topological polar surface area (TPSA) is 24.7 Å². The molecule has 0 bridgehead atoms. The van der Waals surface area contributed by atoms with E-state index in [0.29, 0.717) is 0 Å². The van der Waals surface area contributed by atoms with Gasteiger partial charge in [-0.3, -0.25) is 9.49 Å². The van der Waals surface area contributed by atoms with E-state index in [0.717, 1.165) is 17.3 Å². The van der Waals surface area contributed by atoms with Crippen LogP contribution in [-0.4, -0.2) is 5.90 Å². The van der Waals surface area contributed by atoms with Crippen molar-refractivity contribution in [1.82, 2.24) is 0 Å². The molecule has 212 valence electrons. The van der Waals surface area contributed by atoms with Gasteiger partial charge in [-0.05, 0) is 59.3 Å². The van der Waals surface area contributed by atoms with E-state index in [1.807, 2.05) is 0 Å². The van der Waals surface area contributed by atoms with Crippen molar-refractivity contribution in [3.05, 3.63) is 181 Å². The third kappa shape index (κ3) is 6.28. The van der Waals surface area contributed by atoms with Gasteiger partial charge in [-0.25, -0.2) is 0 Å². The van der Waals surface area contributed by atoms with Crippen LogP contribution in [0.1, 0.15) is 11.1 Å². The van der Waals surface area contributed by atoms with Crippen molar-refractivity contribution in [2.75, 3.05) is 5.90 Å². The molecule has 0 fully saturated rings. The summed E-state index contributed by atoms with van der Waals surface area (Å²) >= 11 is 0. The van der Waals surface area contributed by atoms with Crippen LogP contribution in [0.3, 0.4) is 0 Å². The molecule has 0 unspecified atom stereocenters. The Hall–Kier alpha value is -4.22. The highest BCUT2D eigenvalue weighted by atomic mass is 31.2. The van der Waals surface area contributed by atoms with Gasteiger partial charge in [0.1, 0.15) is 0 Å². The first kappa shape index (κ1) is 28.9. The second kappa shape index (κ2) is 13.0. The van der Waals surface area contributed by atoms with Gasteiger partial charge in [0.05, 0.1) is 11.4 Å². The Morgan fingerprint density at radius 1 is 0.349 bits per heavy atom. The third-order valence-corrected chi connectivity index (χ3v) is 16.8. The van der Waals surface area contributed by atoms with Crippen molar-refractivity contribution in [1.29, 1.82) is 0 Å². The quantitative estimate of drug-likeness (QED) is 0.157. The van der Waals surface area contributed by atoms with Gasteiger partial charge in [-0.2, -0.15) is 0 Å². The highest BCUT2D eigenvalue weighted by Crippen LogP contribution is 2.64. The maximum absolute atomic E-state index is 5.84. The zero-order valence-electron chi connectivity index (χ0n) is 24.7. The third-order valence-electron chi connectivity index (χ3n) is 7.78. The Morgan fingerprint density at radius 3 is 0.860 bits per heavy atom. The van der Waals surface area contributed by atoms with Gasteiger partial charge in [0.15, 0.2) is 0 Å². The van der Waals surface area contributed by atoms with Crippen LogP contribution in [0.25, 0.3) is 0 Å². The summed E-state index contributed by atoms with van der Waals surface area (Å²) in [4.78, 5) is 0. The molecule has 6 aromatic rings. The summed E-state index contributed by atoms with van der Waals surface area (Å²) in [7, 11) is -4.91. The zero-order chi connectivity index (χ0) is 29.5. The van der Waals surface area contributed by atoms with Crippen molar-refractivity contribution >= 4 is 46.7 Å². The van der Waals surface area contributed by atoms with Crippen molar-refractivity contribution < 1.29 is 0 Å². The van der Waals surface area contributed by atoms with Crippen LogP contribution in [0.4, 0.5) is 11.4 Å². The zero-order valence-corrected chi connectivity index (χ0v) is 26.5. The summed E-state index contributed by atoms with van der Waals surface area (Å²) < 4.78 is 11.7. The van der Waals surface area contributed by atoms with Crippen molar-refractivity contribution in [2.45, 2.75) is 13.8 Å². The molecular weight excluding hydrogens is 558 g/mol. The molecule has 0 saturated heterocycles. The van der Waals surface area contributed by atoms with Crippen LogP contribution in [0.5, 0.6) is 0 Å². The van der Waals surface area contributed by atoms with Crippen LogP contribution in [0.15, 0.2) is 179 Å². The first-order valence-corrected chi connectivity index (χ1v) is 18.5. The fraction of sp³-hybridized carbons (Fsp3) is 0.0769. The Labute approximate surface area is 256 Å². The van der Waals surface area contributed by atoms with Gasteiger partial charge in [0.2, 0.25) is 0 Å². The lowest BCUT2D eigenvalue weighted by Gasteiger charge is -2.35. The molecule has 6 aromatic carbocycles. The molecule has 0 N–H and O–H groups in total. The first-order valence-electron chi connectivity index (χ1n) is 14.7. The largest absolute Gasteiger partial charge is 0.258 e. The molecule has 0 atom stereocenters. The molecule has 0 aliphatic carbocycles. The van der Waals surface area contributed by atoms with E-state index in [1.165, 1.54) is 32.3 Å². The van der Waals surface area contributed by atoms with E-state index in [9.17, 15) is 0 Å². The van der Waals surface area contributed by atoms with Gasteiger partial charge < -0.3 is 0 Å². The summed E-state index contributed by atoms with van der Waals surface area (Å²) in [5.41, 5.74) is 4.46. The van der Waals surface area contributed by atoms with Crippen LogP contribution in [0, 0.1) is 13.8 Å². The Bertz CT molecular complexity index is 1650. The van der Waals surface area contributed by atoms with Gasteiger partial charge >= 0.3 is 0 Å². The molecule has 0 saturated carbocycles. The lowest BCUT2D eigenvalue weighted by Crippen LogP contribution is -2.25. The smallest absolute Gasteiger partial charge is 0.0621 e. The van der Waals surface area contributed by atoms with Gasteiger partial charge in [-0.15, -0.1) is 0 Å². The highest BCUT2D eigenvalue weighted by Gasteiger charge is 2.36. The first-order chi connectivity index (χ1) is 21.1. The van der Waals surface area contributed by atoms with E-state index < -0.39 is 14.1 Å². The van der Waals surface area contributed by atoms with E-state index in [-0.39, 0.29) is 0 Å². The summed E-state index contributed by atoms with van der Waals surface area (Å²) in [6.45, 7) is 4.25. The molecule has 43 heavy (non-hydrogen) atoms. The minimum Gasteiger partial charge on any atom is -0.258 e. The molecular formula is C39H36N2P2. The molecule has 2 nitrogen and oxygen atoms in total. The van der Waals surface area contributed by atoms with Crippen LogP contribution in [-0.2, 0) is 0 Å². The van der Waals surface area contributed by atoms with Gasteiger partial charge in [0.25, 0.3) is 0 Å². The Morgan fingerprint density at radius 2 is 0.605 bits per heavy atom. The van der Waals surface area contributed by atoms with Crippen LogP contribution >= 0.6 is 14.1 Å². The van der Waals surface area contributed by atoms with E-state index in [1.54, 1.807) is 0 Å². The van der Waals surface area contributed by atoms with Gasteiger partial charge in [0, 0.05) is 20.0 Å². The molecule has 4 heteroatoms. The predicted molar refractivity (Wildman–Crippen MR) is 190 cm³/mol. The minimum atomic E-state index is -2.46. The molecule has 0 heterocycles. The molecule has 0 amide bonds. The standard InChI is InChI=1S/C39H36N2P2/c1-32-23-27-34(28-24-32)40-42(36-15-7-3-8-16-36,37-17-9-4-10-18-37)31-43(38-19-11-5-12-20-38,39-21-13-6-14-22-39)41-35-29-25-33(2)26-30-35/h3-30H,31H2,1-2H3. The van der Waals surface area contributed by atoms with E-state index >= 15 is 0 Å². The fourth-order valence-electron chi connectivity index (χ4n) is 5.53. The van der Waals surface area contributed by atoms with Gasteiger partial charge in [-0.1, -0.05) is 157 Å². The SMILES string of the molecule is Cc1ccc(N=P(CP(=Nc2ccc(C)cc2)(c2ccccc2)c2ccccc2)(c2ccccc2)c2ccccc2)cc1. The lowest BCUT2D eigenvalue weighted by molar-refractivity contribution is 1.44. The summed E-state index contributed by atoms with van der Waals surface area (Å²) in [5, 5.41) is 5.04. The number of hydrogen-bond acceptors (Lipinski definition) is 2. The molecule has 0 spiro atoms. The Kier molecular flexibility index (Phi) is 8.71. The van der Waals surface area contributed by atoms with E-state index in [2.05, 4.69) is 184 Å². The molecule has 6 rings (SSSR count). The maximum atomic E-state index is 5.84. The monoisotopic (exact) mass is 594 g/mol. The van der Waals surface area contributed by atoms with Crippen molar-refractivity contribution in [2.24, 2.45) is 9.49 Å². The average Bonchev–Trinajstić information content (AvgIpc) is 3.07. The number of aryl methyl sites for hydroxylation is 2. The van der Waals surface area contributed by atoms with E-state index in [4.69, 9.17) is 9.49 Å². The maximum Gasteiger partial charge on any atom is 0.0621 e. The predicted octanol–water partition coefficient (Wildman–Crippen LogP) is 9.93. The van der Waals surface area contributed by atoms with Crippen molar-refractivity contribution in [3.8, 4) is 0 Å². The van der Waals surface area contributed by atoms with Crippen LogP contribution in [0.2, 0.25) is 0 Å². The number of benzene rings is 6. The number of rotatable bonds is 8. The fourth-order valence-corrected chi connectivity index (χ4v) is 15.8. The summed E-state index contributed by atoms with van der Waals surface area (Å²) in [5.74, 6) is 0.795.